The van der Waals surface area contributed by atoms with E-state index in [0.717, 1.165) is 24.4 Å². The summed E-state index contributed by atoms with van der Waals surface area (Å²) >= 11 is 0. The molecule has 1 aliphatic rings. The Morgan fingerprint density at radius 3 is 2.41 bits per heavy atom. The Morgan fingerprint density at radius 2 is 1.83 bits per heavy atom. The van der Waals surface area contributed by atoms with Crippen molar-refractivity contribution in [2.75, 3.05) is 46.0 Å². The zero-order chi connectivity index (χ0) is 21.7. The number of aliphatic hydroxyl groups is 1. The molecule has 1 atom stereocenters. The van der Waals surface area contributed by atoms with Crippen LogP contribution in [0.5, 0.6) is 5.75 Å². The Bertz CT molecular complexity index is 670. The molecule has 1 aromatic rings. The second-order valence-corrected chi connectivity index (χ2v) is 9.87. The Balaban J connectivity index is 1.88. The van der Waals surface area contributed by atoms with Crippen LogP contribution in [0.1, 0.15) is 52.7 Å². The van der Waals surface area contributed by atoms with E-state index in [1.165, 1.54) is 5.56 Å². The van der Waals surface area contributed by atoms with Crippen molar-refractivity contribution in [2.45, 2.75) is 58.5 Å². The maximum atomic E-state index is 12.2. The molecule has 164 valence electrons. The number of hydrogen-bond donors (Lipinski definition) is 2. The van der Waals surface area contributed by atoms with Crippen LogP contribution in [0.25, 0.3) is 0 Å². The van der Waals surface area contributed by atoms with Gasteiger partial charge in [0.15, 0.2) is 6.61 Å². The Kier molecular flexibility index (Phi) is 8.09. The van der Waals surface area contributed by atoms with Gasteiger partial charge >= 0.3 is 0 Å². The van der Waals surface area contributed by atoms with Crippen LogP contribution >= 0.6 is 0 Å². The molecule has 1 unspecified atom stereocenters. The molecule has 1 aliphatic heterocycles. The monoisotopic (exact) mass is 406 g/mol. The Hall–Kier alpha value is -1.63. The lowest BCUT2D eigenvalue weighted by Gasteiger charge is -2.28. The van der Waals surface area contributed by atoms with E-state index < -0.39 is 6.10 Å². The fourth-order valence-corrected chi connectivity index (χ4v) is 3.28. The van der Waals surface area contributed by atoms with Crippen LogP contribution in [-0.4, -0.2) is 68.0 Å². The smallest absolute Gasteiger partial charge is 0.258 e. The number of carbonyl (C=O) groups is 1. The van der Waals surface area contributed by atoms with Crippen molar-refractivity contribution in [1.82, 2.24) is 10.2 Å². The lowest BCUT2D eigenvalue weighted by molar-refractivity contribution is -0.123. The summed E-state index contributed by atoms with van der Waals surface area (Å²) in [7, 11) is 0. The second-order valence-electron chi connectivity index (χ2n) is 9.87. The van der Waals surface area contributed by atoms with Crippen molar-refractivity contribution < 1.29 is 19.4 Å². The van der Waals surface area contributed by atoms with Gasteiger partial charge in [-0.2, -0.15) is 0 Å². The lowest BCUT2D eigenvalue weighted by atomic mass is 9.80. The highest BCUT2D eigenvalue weighted by molar-refractivity contribution is 5.77. The van der Waals surface area contributed by atoms with E-state index in [4.69, 9.17) is 9.47 Å². The van der Waals surface area contributed by atoms with Gasteiger partial charge in [-0.1, -0.05) is 53.7 Å². The molecular weight excluding hydrogens is 368 g/mol. The van der Waals surface area contributed by atoms with E-state index in [0.29, 0.717) is 19.8 Å². The first-order chi connectivity index (χ1) is 13.5. The number of nitrogens with zero attached hydrogens (tertiary/aromatic N) is 1. The third-order valence-electron chi connectivity index (χ3n) is 5.12. The highest BCUT2D eigenvalue weighted by Crippen LogP contribution is 2.35. The van der Waals surface area contributed by atoms with Crippen molar-refractivity contribution in [3.8, 4) is 5.75 Å². The first-order valence-corrected chi connectivity index (χ1v) is 10.5. The summed E-state index contributed by atoms with van der Waals surface area (Å²) in [6.45, 7) is 16.7. The van der Waals surface area contributed by atoms with Crippen molar-refractivity contribution in [2.24, 2.45) is 0 Å². The minimum atomic E-state index is -0.603. The number of nitrogens with one attached hydrogen (secondary N) is 1. The molecule has 0 spiro atoms. The highest BCUT2D eigenvalue weighted by atomic mass is 16.5. The van der Waals surface area contributed by atoms with Gasteiger partial charge in [-0.3, -0.25) is 9.69 Å². The van der Waals surface area contributed by atoms with Gasteiger partial charge in [0.25, 0.3) is 5.91 Å². The molecule has 1 saturated heterocycles. The van der Waals surface area contributed by atoms with Crippen molar-refractivity contribution in [3.05, 3.63) is 29.3 Å². The molecule has 2 N–H and O–H groups in total. The molecule has 1 fully saturated rings. The van der Waals surface area contributed by atoms with Crippen LogP contribution < -0.4 is 10.1 Å². The standard InChI is InChI=1S/C23H38N2O4/c1-22(2,3)17-7-8-20(19(13-17)23(4,5)6)29-16-21(27)24-14-18(26)15-25-9-11-28-12-10-25/h7-8,13,18,26H,9-12,14-16H2,1-6H3,(H,24,27). The molecule has 1 heterocycles. The lowest BCUT2D eigenvalue weighted by Crippen LogP contribution is -2.45. The van der Waals surface area contributed by atoms with Gasteiger partial charge < -0.3 is 19.9 Å². The molecule has 29 heavy (non-hydrogen) atoms. The Morgan fingerprint density at radius 1 is 1.17 bits per heavy atom. The number of hydrogen-bond acceptors (Lipinski definition) is 5. The predicted molar refractivity (Wildman–Crippen MR) is 116 cm³/mol. The van der Waals surface area contributed by atoms with Crippen LogP contribution in [0.4, 0.5) is 0 Å². The van der Waals surface area contributed by atoms with E-state index in [-0.39, 0.29) is 29.9 Å². The molecule has 1 amide bonds. The van der Waals surface area contributed by atoms with Crippen LogP contribution in [0.3, 0.4) is 0 Å². The summed E-state index contributed by atoms with van der Waals surface area (Å²) in [6, 6.07) is 6.20. The quantitative estimate of drug-likeness (QED) is 0.728. The molecule has 6 heteroatoms. The maximum Gasteiger partial charge on any atom is 0.258 e. The van der Waals surface area contributed by atoms with Crippen molar-refractivity contribution in [1.29, 1.82) is 0 Å². The average molecular weight is 407 g/mol. The summed E-state index contributed by atoms with van der Waals surface area (Å²) in [5.74, 6) is 0.500. The number of aliphatic hydroxyl groups excluding tert-OH is 1. The summed E-state index contributed by atoms with van der Waals surface area (Å²) in [4.78, 5) is 14.4. The molecule has 6 nitrogen and oxygen atoms in total. The number of ether oxygens (including phenoxy) is 2. The van der Waals surface area contributed by atoms with Gasteiger partial charge in [0.2, 0.25) is 0 Å². The minimum Gasteiger partial charge on any atom is -0.483 e. The minimum absolute atomic E-state index is 0.0481. The molecule has 0 radical (unpaired) electrons. The fraction of sp³-hybridized carbons (Fsp3) is 0.696. The van der Waals surface area contributed by atoms with Gasteiger partial charge in [0.1, 0.15) is 5.75 Å². The predicted octanol–water partition coefficient (Wildman–Crippen LogP) is 2.47. The SMILES string of the molecule is CC(C)(C)c1ccc(OCC(=O)NCC(O)CN2CCOCC2)c(C(C)(C)C)c1. The summed E-state index contributed by atoms with van der Waals surface area (Å²) in [5.41, 5.74) is 2.28. The van der Waals surface area contributed by atoms with E-state index >= 15 is 0 Å². The van der Waals surface area contributed by atoms with E-state index in [9.17, 15) is 9.90 Å². The fourth-order valence-electron chi connectivity index (χ4n) is 3.28. The van der Waals surface area contributed by atoms with Crippen LogP contribution in [-0.2, 0) is 20.4 Å². The number of rotatable bonds is 7. The maximum absolute atomic E-state index is 12.2. The second kappa shape index (κ2) is 9.92. The molecule has 2 rings (SSSR count). The molecule has 0 aliphatic carbocycles. The normalized spacial score (nSPS) is 17.1. The number of β-amino-alcohol motifs (C(OH)–C–C–N with tert-alkyl or cyclic N) is 1. The van der Waals surface area contributed by atoms with Gasteiger partial charge in [0.05, 0.1) is 19.3 Å². The number of morpholine rings is 1. The van der Waals surface area contributed by atoms with E-state index in [2.05, 4.69) is 63.9 Å². The summed E-state index contributed by atoms with van der Waals surface area (Å²) in [5, 5.41) is 12.9. The number of carbonyl (C=O) groups excluding carboxylic acids is 1. The van der Waals surface area contributed by atoms with E-state index in [1.54, 1.807) is 0 Å². The first-order valence-electron chi connectivity index (χ1n) is 10.5. The zero-order valence-electron chi connectivity index (χ0n) is 18.9. The Labute approximate surface area is 175 Å². The van der Waals surface area contributed by atoms with Gasteiger partial charge in [-0.25, -0.2) is 0 Å². The van der Waals surface area contributed by atoms with Gasteiger partial charge in [0, 0.05) is 26.2 Å². The number of benzene rings is 1. The highest BCUT2D eigenvalue weighted by Gasteiger charge is 2.23. The summed E-state index contributed by atoms with van der Waals surface area (Å²) in [6.07, 6.45) is -0.603. The molecule has 1 aromatic carbocycles. The van der Waals surface area contributed by atoms with Crippen molar-refractivity contribution in [3.63, 3.8) is 0 Å². The van der Waals surface area contributed by atoms with Crippen LogP contribution in [0, 0.1) is 0 Å². The molecular formula is C23H38N2O4. The molecule has 0 bridgehead atoms. The van der Waals surface area contributed by atoms with Crippen LogP contribution in [0.15, 0.2) is 18.2 Å². The third kappa shape index (κ3) is 7.61. The molecule has 0 saturated carbocycles. The van der Waals surface area contributed by atoms with Gasteiger partial charge in [-0.15, -0.1) is 0 Å². The zero-order valence-corrected chi connectivity index (χ0v) is 18.9. The largest absolute Gasteiger partial charge is 0.483 e. The van der Waals surface area contributed by atoms with Crippen molar-refractivity contribution >= 4 is 5.91 Å². The summed E-state index contributed by atoms with van der Waals surface area (Å²) < 4.78 is 11.2. The van der Waals surface area contributed by atoms with Gasteiger partial charge in [-0.05, 0) is 28.0 Å². The molecule has 0 aromatic heterocycles. The topological polar surface area (TPSA) is 71.0 Å². The third-order valence-corrected chi connectivity index (χ3v) is 5.12. The average Bonchev–Trinajstić information content (AvgIpc) is 2.64. The van der Waals surface area contributed by atoms with E-state index in [1.807, 2.05) is 6.07 Å². The van der Waals surface area contributed by atoms with Crippen LogP contribution in [0.2, 0.25) is 0 Å². The number of amides is 1. The first kappa shape index (κ1) is 23.6.